The van der Waals surface area contributed by atoms with Crippen molar-refractivity contribution in [3.05, 3.63) is 0 Å². The van der Waals surface area contributed by atoms with Crippen molar-refractivity contribution in [2.24, 2.45) is 17.6 Å². The molecule has 1 aliphatic heterocycles. The van der Waals surface area contributed by atoms with Crippen molar-refractivity contribution in [1.29, 1.82) is 0 Å². The van der Waals surface area contributed by atoms with Crippen LogP contribution in [0.1, 0.15) is 39.0 Å². The van der Waals surface area contributed by atoms with E-state index in [1.54, 1.807) is 0 Å². The molecule has 0 radical (unpaired) electrons. The summed E-state index contributed by atoms with van der Waals surface area (Å²) in [5.41, 5.74) is 5.86. The fourth-order valence-corrected chi connectivity index (χ4v) is 4.82. The van der Waals surface area contributed by atoms with Crippen LogP contribution >= 0.6 is 0 Å². The summed E-state index contributed by atoms with van der Waals surface area (Å²) in [4.78, 5) is 2.51. The average Bonchev–Trinajstić information content (AvgIpc) is 2.38. The molecule has 5 heteroatoms. The van der Waals surface area contributed by atoms with Gasteiger partial charge in [0, 0.05) is 18.8 Å². The smallest absolute Gasteiger partial charge is 0.150 e. The highest BCUT2D eigenvalue weighted by Crippen LogP contribution is 2.31. The molecule has 1 aliphatic carbocycles. The molecule has 2 N–H and O–H groups in total. The number of likely N-dealkylation sites (tertiary alicyclic amines) is 1. The minimum Gasteiger partial charge on any atom is -0.330 e. The van der Waals surface area contributed by atoms with E-state index in [0.29, 0.717) is 17.9 Å². The van der Waals surface area contributed by atoms with Crippen molar-refractivity contribution in [3.8, 4) is 0 Å². The third-order valence-electron chi connectivity index (χ3n) is 5.17. The quantitative estimate of drug-likeness (QED) is 0.849. The van der Waals surface area contributed by atoms with Crippen LogP contribution in [0.4, 0.5) is 0 Å². The Morgan fingerprint density at radius 1 is 1.26 bits per heavy atom. The van der Waals surface area contributed by atoms with Gasteiger partial charge in [0.1, 0.15) is 9.84 Å². The Morgan fingerprint density at radius 3 is 2.63 bits per heavy atom. The number of piperidine rings is 1. The molecule has 0 bridgehead atoms. The van der Waals surface area contributed by atoms with E-state index in [1.807, 2.05) is 0 Å². The fourth-order valence-electron chi connectivity index (χ4n) is 3.66. The lowest BCUT2D eigenvalue weighted by Gasteiger charge is -2.43. The molecule has 4 unspecified atom stereocenters. The third kappa shape index (κ3) is 3.70. The molecule has 4 nitrogen and oxygen atoms in total. The van der Waals surface area contributed by atoms with Gasteiger partial charge in [0.05, 0.1) is 5.25 Å². The summed E-state index contributed by atoms with van der Waals surface area (Å²) in [5, 5.41) is -0.123. The lowest BCUT2D eigenvalue weighted by atomic mass is 9.84. The zero-order valence-electron chi connectivity index (χ0n) is 12.2. The molecule has 4 atom stereocenters. The molecule has 0 amide bonds. The van der Waals surface area contributed by atoms with Crippen LogP contribution < -0.4 is 5.73 Å². The highest BCUT2D eigenvalue weighted by atomic mass is 32.2. The minimum atomic E-state index is -2.88. The highest BCUT2D eigenvalue weighted by Gasteiger charge is 2.35. The van der Waals surface area contributed by atoms with Gasteiger partial charge in [-0.25, -0.2) is 8.42 Å². The molecule has 2 aliphatic rings. The van der Waals surface area contributed by atoms with Crippen LogP contribution in [0.2, 0.25) is 0 Å². The topological polar surface area (TPSA) is 63.4 Å². The molecular weight excluding hydrogens is 260 g/mol. The molecule has 0 aromatic rings. The van der Waals surface area contributed by atoms with Crippen molar-refractivity contribution >= 4 is 9.84 Å². The van der Waals surface area contributed by atoms with E-state index in [2.05, 4.69) is 11.8 Å². The monoisotopic (exact) mass is 288 g/mol. The van der Waals surface area contributed by atoms with Gasteiger partial charge >= 0.3 is 0 Å². The number of nitrogens with two attached hydrogens (primary N) is 1. The summed E-state index contributed by atoms with van der Waals surface area (Å²) in [5.74, 6) is 1.28. The summed E-state index contributed by atoms with van der Waals surface area (Å²) in [6.45, 7) is 5.20. The van der Waals surface area contributed by atoms with E-state index >= 15 is 0 Å². The predicted molar refractivity (Wildman–Crippen MR) is 78.8 cm³/mol. The van der Waals surface area contributed by atoms with Crippen LogP contribution in [-0.4, -0.2) is 50.5 Å². The van der Waals surface area contributed by atoms with Gasteiger partial charge in [0.15, 0.2) is 0 Å². The van der Waals surface area contributed by atoms with Gasteiger partial charge in [-0.2, -0.15) is 0 Å². The first-order chi connectivity index (χ1) is 8.91. The lowest BCUT2D eigenvalue weighted by Crippen LogP contribution is -2.49. The Morgan fingerprint density at radius 2 is 2.00 bits per heavy atom. The molecule has 19 heavy (non-hydrogen) atoms. The van der Waals surface area contributed by atoms with E-state index < -0.39 is 9.84 Å². The number of hydrogen-bond acceptors (Lipinski definition) is 4. The van der Waals surface area contributed by atoms with E-state index in [-0.39, 0.29) is 5.25 Å². The molecule has 1 saturated heterocycles. The van der Waals surface area contributed by atoms with Gasteiger partial charge in [-0.1, -0.05) is 13.3 Å². The van der Waals surface area contributed by atoms with Crippen LogP contribution in [0.25, 0.3) is 0 Å². The summed E-state index contributed by atoms with van der Waals surface area (Å²) in [7, 11) is -2.88. The number of nitrogens with zero attached hydrogens (tertiary/aromatic N) is 1. The Hall–Kier alpha value is -0.130. The largest absolute Gasteiger partial charge is 0.330 e. The minimum absolute atomic E-state index is 0.123. The summed E-state index contributed by atoms with van der Waals surface area (Å²) >= 11 is 0. The van der Waals surface area contributed by atoms with Crippen molar-refractivity contribution in [2.45, 2.75) is 50.3 Å². The Kier molecular flexibility index (Phi) is 4.90. The Balaban J connectivity index is 1.98. The van der Waals surface area contributed by atoms with Crippen LogP contribution in [0.5, 0.6) is 0 Å². The molecule has 0 spiro atoms. The van der Waals surface area contributed by atoms with E-state index in [9.17, 15) is 8.42 Å². The summed E-state index contributed by atoms with van der Waals surface area (Å²) in [6.07, 6.45) is 6.45. The maximum atomic E-state index is 11.7. The molecule has 2 rings (SSSR count). The second kappa shape index (κ2) is 6.10. The Labute approximate surface area is 117 Å². The first kappa shape index (κ1) is 15.3. The van der Waals surface area contributed by atoms with Gasteiger partial charge in [-0.05, 0) is 50.6 Å². The maximum absolute atomic E-state index is 11.7. The van der Waals surface area contributed by atoms with Crippen LogP contribution in [0.3, 0.4) is 0 Å². The van der Waals surface area contributed by atoms with E-state index in [1.165, 1.54) is 12.7 Å². The SMILES string of the molecule is CC1CCN(C2CCCC(S(C)(=O)=O)C2)CC1CN. The number of hydrogen-bond donors (Lipinski definition) is 1. The lowest BCUT2D eigenvalue weighted by molar-refractivity contribution is 0.0736. The standard InChI is InChI=1S/C14H28N2O2S/c1-11-6-7-16(10-12(11)9-15)13-4-3-5-14(8-13)19(2,17)18/h11-14H,3-10,15H2,1-2H3. The zero-order chi connectivity index (χ0) is 14.0. The number of sulfone groups is 1. The van der Waals surface area contributed by atoms with E-state index in [4.69, 9.17) is 5.73 Å². The van der Waals surface area contributed by atoms with Crippen molar-refractivity contribution in [1.82, 2.24) is 4.90 Å². The second-order valence-electron chi connectivity index (χ2n) is 6.53. The molecule has 1 heterocycles. The van der Waals surface area contributed by atoms with Crippen LogP contribution in [0, 0.1) is 11.8 Å². The van der Waals surface area contributed by atoms with Crippen LogP contribution in [0.15, 0.2) is 0 Å². The summed E-state index contributed by atoms with van der Waals surface area (Å²) < 4.78 is 23.5. The highest BCUT2D eigenvalue weighted by molar-refractivity contribution is 7.91. The van der Waals surface area contributed by atoms with Gasteiger partial charge in [-0.3, -0.25) is 0 Å². The first-order valence-electron chi connectivity index (χ1n) is 7.54. The zero-order valence-corrected chi connectivity index (χ0v) is 13.0. The normalized spacial score (nSPS) is 38.3. The van der Waals surface area contributed by atoms with Gasteiger partial charge in [0.25, 0.3) is 0 Å². The molecule has 0 aromatic carbocycles. The molecule has 0 aromatic heterocycles. The predicted octanol–water partition coefficient (Wildman–Crippen LogP) is 1.26. The van der Waals surface area contributed by atoms with Crippen LogP contribution in [-0.2, 0) is 9.84 Å². The molecule has 2 fully saturated rings. The average molecular weight is 288 g/mol. The number of rotatable bonds is 3. The van der Waals surface area contributed by atoms with Gasteiger partial charge < -0.3 is 10.6 Å². The first-order valence-corrected chi connectivity index (χ1v) is 9.50. The van der Waals surface area contributed by atoms with Crippen molar-refractivity contribution in [2.75, 3.05) is 25.9 Å². The second-order valence-corrected chi connectivity index (χ2v) is 8.85. The fraction of sp³-hybridized carbons (Fsp3) is 1.00. The van der Waals surface area contributed by atoms with Crippen molar-refractivity contribution < 1.29 is 8.42 Å². The molecule has 112 valence electrons. The Bertz CT molecular complexity index is 396. The molecule has 1 saturated carbocycles. The summed E-state index contributed by atoms with van der Waals surface area (Å²) in [6, 6.07) is 0.454. The van der Waals surface area contributed by atoms with Gasteiger partial charge in [0.2, 0.25) is 0 Å². The van der Waals surface area contributed by atoms with E-state index in [0.717, 1.165) is 45.3 Å². The maximum Gasteiger partial charge on any atom is 0.150 e. The molecular formula is C14H28N2O2S. The third-order valence-corrected chi connectivity index (χ3v) is 6.81. The van der Waals surface area contributed by atoms with Gasteiger partial charge in [-0.15, -0.1) is 0 Å². The van der Waals surface area contributed by atoms with Crippen molar-refractivity contribution in [3.63, 3.8) is 0 Å².